The van der Waals surface area contributed by atoms with E-state index in [1.54, 1.807) is 0 Å². The van der Waals surface area contributed by atoms with Crippen molar-refractivity contribution in [2.24, 2.45) is 0 Å². The van der Waals surface area contributed by atoms with Crippen LogP contribution >= 0.6 is 30.0 Å². The predicted octanol–water partition coefficient (Wildman–Crippen LogP) is 10.2. The molecule has 6 rings (SSSR count). The zero-order valence-electron chi connectivity index (χ0n) is 25.1. The molecular weight excluding hydrogens is 680 g/mol. The van der Waals surface area contributed by atoms with Crippen LogP contribution in [0.2, 0.25) is 0 Å². The SMILES string of the molecule is COc1ccccc1[PH](C1CCCC1)(C1CCCC1)[Pd]([Cl])([Cl])[PH](c1ccccc1OC)(C1CCCC1)C1CCCC1. The van der Waals surface area contributed by atoms with E-state index in [1.165, 1.54) is 113 Å². The summed E-state index contributed by atoms with van der Waals surface area (Å²) in [4.78, 5) is 0. The van der Waals surface area contributed by atoms with E-state index in [4.69, 9.17) is 28.5 Å². The fourth-order valence-corrected chi connectivity index (χ4v) is 83.2. The van der Waals surface area contributed by atoms with E-state index >= 15 is 0 Å². The van der Waals surface area contributed by atoms with E-state index in [0.29, 0.717) is 22.6 Å². The third kappa shape index (κ3) is 4.99. The van der Waals surface area contributed by atoms with Crippen molar-refractivity contribution in [2.45, 2.75) is 125 Å². The number of hydrogen-bond donors (Lipinski definition) is 0. The van der Waals surface area contributed by atoms with Crippen LogP contribution in [0.25, 0.3) is 0 Å². The van der Waals surface area contributed by atoms with Crippen molar-refractivity contribution in [1.82, 2.24) is 0 Å². The Morgan fingerprint density at radius 1 is 0.512 bits per heavy atom. The molecule has 0 unspecified atom stereocenters. The monoisotopic (exact) mass is 730 g/mol. The molecule has 0 amide bonds. The molecule has 234 valence electrons. The van der Waals surface area contributed by atoms with Crippen molar-refractivity contribution in [1.29, 1.82) is 0 Å². The van der Waals surface area contributed by atoms with Gasteiger partial charge in [-0.3, -0.25) is 0 Å². The van der Waals surface area contributed by atoms with Gasteiger partial charge in [-0.15, -0.1) is 0 Å². The van der Waals surface area contributed by atoms with Gasteiger partial charge in [-0.2, -0.15) is 0 Å². The van der Waals surface area contributed by atoms with Gasteiger partial charge in [-0.05, 0) is 0 Å². The molecule has 41 heavy (non-hydrogen) atoms. The molecule has 4 aliphatic rings. The Morgan fingerprint density at radius 2 is 0.780 bits per heavy atom. The molecule has 0 aliphatic heterocycles. The van der Waals surface area contributed by atoms with Gasteiger partial charge in [0.05, 0.1) is 0 Å². The Bertz CT molecular complexity index is 1050. The van der Waals surface area contributed by atoms with Gasteiger partial charge in [0.15, 0.2) is 0 Å². The van der Waals surface area contributed by atoms with Crippen molar-refractivity contribution in [3.05, 3.63) is 48.5 Å². The number of para-hydroxylation sites is 2. The van der Waals surface area contributed by atoms with Gasteiger partial charge in [0, 0.05) is 0 Å². The molecule has 0 heterocycles. The summed E-state index contributed by atoms with van der Waals surface area (Å²) in [6.07, 6.45) is 21.1. The number of methoxy groups -OCH3 is 2. The van der Waals surface area contributed by atoms with Crippen LogP contribution in [-0.4, -0.2) is 36.9 Å². The molecule has 4 aliphatic carbocycles. The molecule has 2 aromatic rings. The molecule has 0 N–H and O–H groups in total. The molecule has 0 saturated heterocycles. The first-order valence-corrected chi connectivity index (χ1v) is 29.0. The van der Waals surface area contributed by atoms with Crippen LogP contribution in [0.1, 0.15) is 103 Å². The molecule has 4 fully saturated rings. The van der Waals surface area contributed by atoms with Crippen molar-refractivity contribution < 1.29 is 22.0 Å². The molecule has 2 aromatic carbocycles. The van der Waals surface area contributed by atoms with Crippen molar-refractivity contribution in [2.75, 3.05) is 14.2 Å². The summed E-state index contributed by atoms with van der Waals surface area (Å²) in [7, 11) is 21.7. The number of hydrogen-bond acceptors (Lipinski definition) is 2. The summed E-state index contributed by atoms with van der Waals surface area (Å²) >= 11 is -3.22. The fourth-order valence-electron chi connectivity index (χ4n) is 9.83. The minimum absolute atomic E-state index is 0.665. The van der Waals surface area contributed by atoms with Crippen LogP contribution in [0.3, 0.4) is 0 Å². The Hall–Kier alpha value is 0.142. The van der Waals surface area contributed by atoms with Crippen LogP contribution in [0, 0.1) is 0 Å². The normalized spacial score (nSPS) is 23.3. The van der Waals surface area contributed by atoms with Gasteiger partial charge in [0.1, 0.15) is 0 Å². The first-order valence-electron chi connectivity index (χ1n) is 16.4. The summed E-state index contributed by atoms with van der Waals surface area (Å²) in [5.74, 6) is 2.17. The fraction of sp³-hybridized carbons (Fsp3) is 0.647. The second kappa shape index (κ2) is 13.2. The topological polar surface area (TPSA) is 18.5 Å². The van der Waals surface area contributed by atoms with E-state index < -0.39 is 23.4 Å². The summed E-state index contributed by atoms with van der Waals surface area (Å²) in [5, 5.41) is 3.01. The van der Waals surface area contributed by atoms with E-state index in [0.717, 1.165) is 11.5 Å². The minimum atomic E-state index is -3.22. The molecule has 4 saturated carbocycles. The Morgan fingerprint density at radius 3 is 1.05 bits per heavy atom. The molecule has 2 nitrogen and oxygen atoms in total. The standard InChI is InChI=1S/2C17H25OP.2ClH.Pd/c2*1-18-16-12-6-7-13-17(16)19(14-8-2-3-9-14)15-10-4-5-11-15;;;/h2*6-7,12-15H,2-5,8-11H2,1H3;2*1H;. The van der Waals surface area contributed by atoms with Crippen LogP contribution in [0.4, 0.5) is 0 Å². The van der Waals surface area contributed by atoms with Crippen molar-refractivity contribution in [3.63, 3.8) is 0 Å². The van der Waals surface area contributed by atoms with Crippen molar-refractivity contribution >= 4 is 40.6 Å². The quantitative estimate of drug-likeness (QED) is 0.179. The number of benzene rings is 2. The van der Waals surface area contributed by atoms with Gasteiger partial charge in [0.2, 0.25) is 0 Å². The molecular formula is C34H52Cl2O2P2Pd. The second-order valence-corrected chi connectivity index (χ2v) is 47.0. The first kappa shape index (κ1) is 31.1. The zero-order valence-corrected chi connectivity index (χ0v) is 30.2. The van der Waals surface area contributed by atoms with E-state index in [-0.39, 0.29) is 0 Å². The molecule has 0 spiro atoms. The third-order valence-corrected chi connectivity index (χ3v) is 65.1. The molecule has 0 atom stereocenters. The maximum atomic E-state index is 8.96. The Kier molecular flexibility index (Phi) is 10.1. The average molecular weight is 732 g/mol. The van der Waals surface area contributed by atoms with Gasteiger partial charge in [-0.1, -0.05) is 0 Å². The molecule has 0 radical (unpaired) electrons. The van der Waals surface area contributed by atoms with Gasteiger partial charge in [0.25, 0.3) is 0 Å². The summed E-state index contributed by atoms with van der Waals surface area (Å²) < 4.78 is 12.6. The second-order valence-electron chi connectivity index (χ2n) is 13.1. The first-order chi connectivity index (χ1) is 20.0. The van der Waals surface area contributed by atoms with Crippen LogP contribution in [-0.2, 0) is 12.5 Å². The number of ether oxygens (including phenoxy) is 2. The zero-order chi connectivity index (χ0) is 28.5. The summed E-state index contributed by atoms with van der Waals surface area (Å²) in [6.45, 7) is 0. The van der Waals surface area contributed by atoms with Gasteiger partial charge < -0.3 is 0 Å². The van der Waals surface area contributed by atoms with E-state index in [1.807, 2.05) is 14.2 Å². The van der Waals surface area contributed by atoms with E-state index in [9.17, 15) is 0 Å². The third-order valence-electron chi connectivity index (χ3n) is 11.4. The Balaban J connectivity index is 1.73. The van der Waals surface area contributed by atoms with Crippen LogP contribution in [0.5, 0.6) is 11.5 Å². The predicted molar refractivity (Wildman–Crippen MR) is 183 cm³/mol. The van der Waals surface area contributed by atoms with Crippen LogP contribution in [0.15, 0.2) is 48.5 Å². The Labute approximate surface area is 260 Å². The summed E-state index contributed by atoms with van der Waals surface area (Å²) in [6, 6.07) is 18.3. The maximum absolute atomic E-state index is 8.96. The number of rotatable bonds is 10. The molecule has 7 heteroatoms. The average Bonchev–Trinajstić information content (AvgIpc) is 3.83. The van der Waals surface area contributed by atoms with Gasteiger partial charge in [-0.25, -0.2) is 0 Å². The van der Waals surface area contributed by atoms with Crippen molar-refractivity contribution in [3.8, 4) is 11.5 Å². The number of halogens is 2. The molecule has 0 bridgehead atoms. The molecule has 0 aromatic heterocycles. The summed E-state index contributed by atoms with van der Waals surface area (Å²) in [5.41, 5.74) is -2.39. The van der Waals surface area contributed by atoms with E-state index in [2.05, 4.69) is 48.5 Å². The van der Waals surface area contributed by atoms with Gasteiger partial charge >= 0.3 is 262 Å². The van der Waals surface area contributed by atoms with Crippen LogP contribution < -0.4 is 20.1 Å².